The van der Waals surface area contributed by atoms with E-state index in [4.69, 9.17) is 0 Å². The molecular formula is C22H26FN3O2. The van der Waals surface area contributed by atoms with Crippen molar-refractivity contribution in [3.05, 3.63) is 65.2 Å². The molecule has 1 saturated heterocycles. The smallest absolute Gasteiger partial charge is 0.269 e. The van der Waals surface area contributed by atoms with Gasteiger partial charge in [-0.25, -0.2) is 4.39 Å². The summed E-state index contributed by atoms with van der Waals surface area (Å²) >= 11 is 0. The second-order valence-corrected chi connectivity index (χ2v) is 7.12. The number of piperidine rings is 1. The Labute approximate surface area is 165 Å². The van der Waals surface area contributed by atoms with Crippen molar-refractivity contribution < 1.29 is 14.0 Å². The van der Waals surface area contributed by atoms with E-state index in [2.05, 4.69) is 17.2 Å². The molecule has 1 atom stereocenters. The van der Waals surface area contributed by atoms with Gasteiger partial charge in [-0.1, -0.05) is 19.1 Å². The van der Waals surface area contributed by atoms with Gasteiger partial charge in [0.2, 0.25) is 0 Å². The zero-order valence-electron chi connectivity index (χ0n) is 16.2. The van der Waals surface area contributed by atoms with Gasteiger partial charge in [0.05, 0.1) is 0 Å². The number of carbonyl (C=O) groups is 2. The van der Waals surface area contributed by atoms with Crippen LogP contribution in [0.25, 0.3) is 0 Å². The maximum absolute atomic E-state index is 12.9. The minimum atomic E-state index is -0.317. The maximum Gasteiger partial charge on any atom is 0.269 e. The highest BCUT2D eigenvalue weighted by Crippen LogP contribution is 2.21. The van der Waals surface area contributed by atoms with Gasteiger partial charge in [-0.15, -0.1) is 0 Å². The molecule has 1 aromatic carbocycles. The van der Waals surface area contributed by atoms with Gasteiger partial charge in [0.1, 0.15) is 11.5 Å². The Hall–Kier alpha value is -2.76. The molecule has 1 N–H and O–H groups in total. The van der Waals surface area contributed by atoms with Crippen LogP contribution in [-0.2, 0) is 6.42 Å². The van der Waals surface area contributed by atoms with Gasteiger partial charge in [-0.05, 0) is 61.9 Å². The molecule has 0 spiro atoms. The average Bonchev–Trinajstić information content (AvgIpc) is 2.74. The van der Waals surface area contributed by atoms with Gasteiger partial charge in [-0.2, -0.15) is 0 Å². The van der Waals surface area contributed by atoms with Crippen molar-refractivity contribution in [2.75, 3.05) is 13.1 Å². The van der Waals surface area contributed by atoms with Gasteiger partial charge in [0, 0.05) is 30.9 Å². The highest BCUT2D eigenvalue weighted by molar-refractivity contribution is 5.98. The number of rotatable bonds is 6. The summed E-state index contributed by atoms with van der Waals surface area (Å²) < 4.78 is 12.9. The largest absolute Gasteiger partial charge is 0.350 e. The number of hydrogen-bond donors (Lipinski definition) is 1. The molecule has 0 saturated carbocycles. The first-order chi connectivity index (χ1) is 13.6. The van der Waals surface area contributed by atoms with E-state index in [9.17, 15) is 14.0 Å². The molecule has 2 aromatic rings. The number of hydrogen-bond acceptors (Lipinski definition) is 3. The first-order valence-electron chi connectivity index (χ1n) is 9.88. The fourth-order valence-electron chi connectivity index (χ4n) is 3.61. The number of nitrogens with one attached hydrogen (secondary N) is 1. The monoisotopic (exact) mass is 383 g/mol. The number of pyridine rings is 1. The van der Waals surface area contributed by atoms with E-state index in [0.29, 0.717) is 18.5 Å². The van der Waals surface area contributed by atoms with E-state index in [1.165, 1.54) is 18.3 Å². The molecule has 1 fully saturated rings. The Morgan fingerprint density at radius 3 is 2.75 bits per heavy atom. The molecule has 1 aliphatic rings. The predicted molar refractivity (Wildman–Crippen MR) is 106 cm³/mol. The molecule has 148 valence electrons. The number of likely N-dealkylation sites (tertiary alicyclic amines) is 1. The standard InChI is InChI=1S/C22H26FN3O2/c1-2-19-5-3-4-14-26(19)22(28)17-11-13-24-20(15-17)21(27)25-12-10-16-6-8-18(23)9-7-16/h6-9,11,13,15,19H,2-5,10,12,14H2,1H3,(H,25,27). The van der Waals surface area contributed by atoms with Crippen molar-refractivity contribution in [2.24, 2.45) is 0 Å². The molecule has 3 rings (SSSR count). The second-order valence-electron chi connectivity index (χ2n) is 7.12. The van der Waals surface area contributed by atoms with Crippen LogP contribution in [0.2, 0.25) is 0 Å². The number of carbonyl (C=O) groups excluding carboxylic acids is 2. The Kier molecular flexibility index (Phi) is 6.74. The molecule has 28 heavy (non-hydrogen) atoms. The molecule has 2 amide bonds. The molecule has 6 heteroatoms. The summed E-state index contributed by atoms with van der Waals surface area (Å²) in [5.41, 5.74) is 1.67. The summed E-state index contributed by atoms with van der Waals surface area (Å²) in [4.78, 5) is 31.3. The number of benzene rings is 1. The molecule has 0 aliphatic carbocycles. The van der Waals surface area contributed by atoms with Gasteiger partial charge >= 0.3 is 0 Å². The second kappa shape index (κ2) is 9.44. The van der Waals surface area contributed by atoms with E-state index in [0.717, 1.165) is 37.8 Å². The molecule has 1 unspecified atom stereocenters. The average molecular weight is 383 g/mol. The number of aromatic nitrogens is 1. The number of halogens is 1. The molecule has 5 nitrogen and oxygen atoms in total. The summed E-state index contributed by atoms with van der Waals surface area (Å²) in [6.45, 7) is 3.27. The highest BCUT2D eigenvalue weighted by atomic mass is 19.1. The predicted octanol–water partition coefficient (Wildman–Crippen LogP) is 3.60. The lowest BCUT2D eigenvalue weighted by molar-refractivity contribution is 0.0608. The summed E-state index contributed by atoms with van der Waals surface area (Å²) in [7, 11) is 0. The maximum atomic E-state index is 12.9. The zero-order chi connectivity index (χ0) is 19.9. The summed E-state index contributed by atoms with van der Waals surface area (Å²) in [5, 5.41) is 2.81. The van der Waals surface area contributed by atoms with E-state index in [-0.39, 0.29) is 29.4 Å². The van der Waals surface area contributed by atoms with Crippen LogP contribution < -0.4 is 5.32 Å². The van der Waals surface area contributed by atoms with Crippen LogP contribution in [-0.4, -0.2) is 40.8 Å². The lowest BCUT2D eigenvalue weighted by atomic mass is 9.99. The van der Waals surface area contributed by atoms with Crippen LogP contribution in [0.5, 0.6) is 0 Å². The van der Waals surface area contributed by atoms with Gasteiger partial charge in [0.25, 0.3) is 11.8 Å². The first kappa shape index (κ1) is 20.0. The Morgan fingerprint density at radius 2 is 2.00 bits per heavy atom. The number of nitrogens with zero attached hydrogens (tertiary/aromatic N) is 2. The van der Waals surface area contributed by atoms with Crippen molar-refractivity contribution in [3.8, 4) is 0 Å². The van der Waals surface area contributed by atoms with Crippen molar-refractivity contribution in [3.63, 3.8) is 0 Å². The van der Waals surface area contributed by atoms with Gasteiger partial charge in [0.15, 0.2) is 0 Å². The van der Waals surface area contributed by atoms with Crippen molar-refractivity contribution in [1.82, 2.24) is 15.2 Å². The minimum absolute atomic E-state index is 0.0330. The third-order valence-electron chi connectivity index (χ3n) is 5.21. The van der Waals surface area contributed by atoms with Crippen LogP contribution in [0.3, 0.4) is 0 Å². The molecule has 1 aliphatic heterocycles. The fraction of sp³-hybridized carbons (Fsp3) is 0.409. The lowest BCUT2D eigenvalue weighted by Crippen LogP contribution is -2.43. The van der Waals surface area contributed by atoms with E-state index in [1.54, 1.807) is 24.3 Å². The van der Waals surface area contributed by atoms with Crippen molar-refractivity contribution >= 4 is 11.8 Å². The highest BCUT2D eigenvalue weighted by Gasteiger charge is 2.26. The van der Waals surface area contributed by atoms with Crippen LogP contribution >= 0.6 is 0 Å². The topological polar surface area (TPSA) is 62.3 Å². The van der Waals surface area contributed by atoms with Crippen LogP contribution in [0.15, 0.2) is 42.6 Å². The molecule has 1 aromatic heterocycles. The van der Waals surface area contributed by atoms with E-state index in [1.807, 2.05) is 4.90 Å². The van der Waals surface area contributed by atoms with Crippen molar-refractivity contribution in [2.45, 2.75) is 45.1 Å². The molecular weight excluding hydrogens is 357 g/mol. The minimum Gasteiger partial charge on any atom is -0.350 e. The molecule has 0 bridgehead atoms. The third kappa shape index (κ3) is 4.94. The normalized spacial score (nSPS) is 16.6. The number of amides is 2. The van der Waals surface area contributed by atoms with Crippen LogP contribution in [0.1, 0.15) is 59.0 Å². The van der Waals surface area contributed by atoms with Crippen LogP contribution in [0.4, 0.5) is 4.39 Å². The Morgan fingerprint density at radius 1 is 1.21 bits per heavy atom. The van der Waals surface area contributed by atoms with Crippen LogP contribution in [0, 0.1) is 5.82 Å². The summed E-state index contributed by atoms with van der Waals surface area (Å²) in [6.07, 6.45) is 6.24. The Bertz CT molecular complexity index is 823. The SMILES string of the molecule is CCC1CCCCN1C(=O)c1ccnc(C(=O)NCCc2ccc(F)cc2)c1. The zero-order valence-corrected chi connectivity index (χ0v) is 16.2. The quantitative estimate of drug-likeness (QED) is 0.829. The summed E-state index contributed by atoms with van der Waals surface area (Å²) in [5.74, 6) is -0.630. The van der Waals surface area contributed by atoms with E-state index < -0.39 is 0 Å². The van der Waals surface area contributed by atoms with E-state index >= 15 is 0 Å². The third-order valence-corrected chi connectivity index (χ3v) is 5.21. The van der Waals surface area contributed by atoms with Crippen molar-refractivity contribution in [1.29, 1.82) is 0 Å². The summed E-state index contributed by atoms with van der Waals surface area (Å²) in [6, 6.07) is 9.69. The van der Waals surface area contributed by atoms with Gasteiger partial charge < -0.3 is 10.2 Å². The molecule has 0 radical (unpaired) electrons. The molecule has 2 heterocycles. The first-order valence-corrected chi connectivity index (χ1v) is 9.88. The fourth-order valence-corrected chi connectivity index (χ4v) is 3.61. The Balaban J connectivity index is 1.60. The van der Waals surface area contributed by atoms with Gasteiger partial charge in [-0.3, -0.25) is 14.6 Å². The lowest BCUT2D eigenvalue weighted by Gasteiger charge is -2.35.